The number of carbonyl (C=O) groups is 1. The van der Waals surface area contributed by atoms with E-state index in [2.05, 4.69) is 25.3 Å². The van der Waals surface area contributed by atoms with Gasteiger partial charge in [-0.25, -0.2) is 4.68 Å². The van der Waals surface area contributed by atoms with Crippen LogP contribution in [0.15, 0.2) is 24.4 Å². The fraction of sp³-hybridized carbons (Fsp3) is 0.421. The summed E-state index contributed by atoms with van der Waals surface area (Å²) in [6, 6.07) is 5.86. The van der Waals surface area contributed by atoms with E-state index in [0.29, 0.717) is 43.4 Å². The van der Waals surface area contributed by atoms with Crippen LogP contribution in [0.3, 0.4) is 0 Å². The number of aromatic nitrogens is 6. The van der Waals surface area contributed by atoms with E-state index >= 15 is 0 Å². The summed E-state index contributed by atoms with van der Waals surface area (Å²) in [6.07, 6.45) is 1.69. The van der Waals surface area contributed by atoms with Crippen molar-refractivity contribution in [3.05, 3.63) is 41.3 Å². The van der Waals surface area contributed by atoms with E-state index < -0.39 is 0 Å². The van der Waals surface area contributed by atoms with Crippen LogP contribution in [0, 0.1) is 13.8 Å². The van der Waals surface area contributed by atoms with E-state index in [-0.39, 0.29) is 5.91 Å². The molecule has 3 aromatic heterocycles. The molecule has 10 nitrogen and oxygen atoms in total. The Balaban J connectivity index is 1.42. The summed E-state index contributed by atoms with van der Waals surface area (Å²) in [5.41, 5.74) is 2.44. The van der Waals surface area contributed by atoms with Gasteiger partial charge in [0, 0.05) is 45.1 Å². The highest BCUT2D eigenvalue weighted by molar-refractivity contribution is 5.96. The van der Waals surface area contributed by atoms with Crippen LogP contribution in [-0.2, 0) is 7.05 Å². The molecule has 152 valence electrons. The first kappa shape index (κ1) is 18.9. The van der Waals surface area contributed by atoms with Crippen LogP contribution >= 0.6 is 0 Å². The third-order valence-corrected chi connectivity index (χ3v) is 4.97. The molecule has 0 spiro atoms. The van der Waals surface area contributed by atoms with Crippen LogP contribution in [-0.4, -0.2) is 73.9 Å². The molecule has 29 heavy (non-hydrogen) atoms. The van der Waals surface area contributed by atoms with Crippen LogP contribution < -0.4 is 9.64 Å². The van der Waals surface area contributed by atoms with Crippen molar-refractivity contribution in [1.29, 1.82) is 0 Å². The highest BCUT2D eigenvalue weighted by Gasteiger charge is 2.26. The minimum Gasteiger partial charge on any atom is -0.479 e. The van der Waals surface area contributed by atoms with Crippen LogP contribution in [0.2, 0.25) is 0 Å². The standard InChI is InChI=1S/C19H24N8O2/c1-13-11-14(2)27(22-13)17-6-5-16(20-21-17)25-7-9-26(10-8-25)19(28)15-12-24(3)23-18(15)29-4/h5-6,11-12H,7-10H2,1-4H3. The second-order valence-corrected chi connectivity index (χ2v) is 7.09. The first-order chi connectivity index (χ1) is 14.0. The van der Waals surface area contributed by atoms with Gasteiger partial charge in [0.25, 0.3) is 5.91 Å². The van der Waals surface area contributed by atoms with Gasteiger partial charge in [0.2, 0.25) is 5.88 Å². The summed E-state index contributed by atoms with van der Waals surface area (Å²) in [5.74, 6) is 1.77. The summed E-state index contributed by atoms with van der Waals surface area (Å²) in [5, 5.41) is 17.3. The highest BCUT2D eigenvalue weighted by Crippen LogP contribution is 2.20. The Kier molecular flexibility index (Phi) is 4.91. The molecule has 1 aliphatic rings. The number of nitrogens with zero attached hydrogens (tertiary/aromatic N) is 8. The Labute approximate surface area is 168 Å². The molecule has 1 amide bonds. The van der Waals surface area contributed by atoms with Crippen LogP contribution in [0.5, 0.6) is 5.88 Å². The van der Waals surface area contributed by atoms with Gasteiger partial charge in [0.15, 0.2) is 11.6 Å². The topological polar surface area (TPSA) is 94.2 Å². The lowest BCUT2D eigenvalue weighted by molar-refractivity contribution is 0.0743. The van der Waals surface area contributed by atoms with Gasteiger partial charge >= 0.3 is 0 Å². The molecular weight excluding hydrogens is 372 g/mol. The van der Waals surface area contributed by atoms with Crippen molar-refractivity contribution in [3.8, 4) is 11.7 Å². The summed E-state index contributed by atoms with van der Waals surface area (Å²) >= 11 is 0. The van der Waals surface area contributed by atoms with Gasteiger partial charge < -0.3 is 14.5 Å². The average Bonchev–Trinajstić information content (AvgIpc) is 3.28. The number of hydrogen-bond donors (Lipinski definition) is 0. The molecule has 4 heterocycles. The quantitative estimate of drug-likeness (QED) is 0.649. The zero-order valence-electron chi connectivity index (χ0n) is 17.0. The number of carbonyl (C=O) groups excluding carboxylic acids is 1. The average molecular weight is 396 g/mol. The lowest BCUT2D eigenvalue weighted by Crippen LogP contribution is -2.49. The maximum Gasteiger partial charge on any atom is 0.261 e. The van der Waals surface area contributed by atoms with Gasteiger partial charge in [-0.3, -0.25) is 9.48 Å². The van der Waals surface area contributed by atoms with E-state index in [1.807, 2.05) is 36.9 Å². The third kappa shape index (κ3) is 3.65. The predicted octanol–water partition coefficient (Wildman–Crippen LogP) is 0.984. The maximum absolute atomic E-state index is 12.8. The minimum absolute atomic E-state index is 0.0689. The van der Waals surface area contributed by atoms with Crippen LogP contribution in [0.4, 0.5) is 5.82 Å². The van der Waals surface area contributed by atoms with E-state index in [1.54, 1.807) is 22.6 Å². The lowest BCUT2D eigenvalue weighted by atomic mass is 10.2. The molecule has 0 radical (unpaired) electrons. The first-order valence-electron chi connectivity index (χ1n) is 9.45. The summed E-state index contributed by atoms with van der Waals surface area (Å²) in [7, 11) is 3.29. The monoisotopic (exact) mass is 396 g/mol. The Morgan fingerprint density at radius 2 is 1.72 bits per heavy atom. The number of rotatable bonds is 4. The third-order valence-electron chi connectivity index (χ3n) is 4.97. The van der Waals surface area contributed by atoms with Crippen molar-refractivity contribution in [3.63, 3.8) is 0 Å². The van der Waals surface area contributed by atoms with Gasteiger partial charge in [-0.05, 0) is 32.0 Å². The van der Waals surface area contributed by atoms with Crippen molar-refractivity contribution in [2.75, 3.05) is 38.2 Å². The summed E-state index contributed by atoms with van der Waals surface area (Å²) in [6.45, 7) is 6.50. The molecule has 3 aromatic rings. The van der Waals surface area contributed by atoms with Crippen molar-refractivity contribution in [2.45, 2.75) is 13.8 Å². The molecule has 0 bridgehead atoms. The highest BCUT2D eigenvalue weighted by atomic mass is 16.5. The fourth-order valence-electron chi connectivity index (χ4n) is 3.54. The minimum atomic E-state index is -0.0689. The van der Waals surface area contributed by atoms with Crippen molar-refractivity contribution >= 4 is 11.7 Å². The van der Waals surface area contributed by atoms with Gasteiger partial charge in [0.05, 0.1) is 12.8 Å². The molecule has 1 saturated heterocycles. The number of ether oxygens (including phenoxy) is 1. The van der Waals surface area contributed by atoms with E-state index in [0.717, 1.165) is 17.2 Å². The molecular formula is C19H24N8O2. The largest absolute Gasteiger partial charge is 0.479 e. The number of piperazine rings is 1. The zero-order chi connectivity index (χ0) is 20.5. The molecule has 0 N–H and O–H groups in total. The Bertz CT molecular complexity index is 1020. The molecule has 0 aliphatic carbocycles. The normalized spacial score (nSPS) is 14.3. The molecule has 0 aromatic carbocycles. The number of anilines is 1. The maximum atomic E-state index is 12.8. The van der Waals surface area contributed by atoms with Crippen LogP contribution in [0.1, 0.15) is 21.7 Å². The van der Waals surface area contributed by atoms with Gasteiger partial charge in [0.1, 0.15) is 5.56 Å². The van der Waals surface area contributed by atoms with E-state index in [4.69, 9.17) is 4.74 Å². The second kappa shape index (κ2) is 7.53. The molecule has 4 rings (SSSR count). The molecule has 0 saturated carbocycles. The zero-order valence-corrected chi connectivity index (χ0v) is 17.0. The first-order valence-corrected chi connectivity index (χ1v) is 9.45. The molecule has 0 atom stereocenters. The van der Waals surface area contributed by atoms with Gasteiger partial charge in [-0.1, -0.05) is 0 Å². The Morgan fingerprint density at radius 1 is 1.03 bits per heavy atom. The molecule has 1 fully saturated rings. The van der Waals surface area contributed by atoms with Crippen molar-refractivity contribution in [2.24, 2.45) is 7.05 Å². The summed E-state index contributed by atoms with van der Waals surface area (Å²) < 4.78 is 8.58. The van der Waals surface area contributed by atoms with E-state index in [1.165, 1.54) is 7.11 Å². The Hall–Kier alpha value is -3.43. The van der Waals surface area contributed by atoms with Gasteiger partial charge in [-0.2, -0.15) is 5.10 Å². The SMILES string of the molecule is COc1nn(C)cc1C(=O)N1CCN(c2ccc(-n3nc(C)cc3C)nn2)CC1. The number of aryl methyl sites for hydroxylation is 3. The number of methoxy groups -OCH3 is 1. The second-order valence-electron chi connectivity index (χ2n) is 7.09. The van der Waals surface area contributed by atoms with Crippen LogP contribution in [0.25, 0.3) is 5.82 Å². The molecule has 1 aliphatic heterocycles. The number of amides is 1. The number of hydrogen-bond acceptors (Lipinski definition) is 7. The molecule has 0 unspecified atom stereocenters. The van der Waals surface area contributed by atoms with Crippen molar-refractivity contribution < 1.29 is 9.53 Å². The summed E-state index contributed by atoms with van der Waals surface area (Å²) in [4.78, 5) is 16.7. The molecule has 10 heteroatoms. The van der Waals surface area contributed by atoms with E-state index in [9.17, 15) is 4.79 Å². The Morgan fingerprint density at radius 3 is 2.31 bits per heavy atom. The van der Waals surface area contributed by atoms with Gasteiger partial charge in [-0.15, -0.1) is 15.3 Å². The lowest BCUT2D eigenvalue weighted by Gasteiger charge is -2.35. The predicted molar refractivity (Wildman–Crippen MR) is 107 cm³/mol. The van der Waals surface area contributed by atoms with Crippen molar-refractivity contribution in [1.82, 2.24) is 34.7 Å². The smallest absolute Gasteiger partial charge is 0.261 e. The fourth-order valence-corrected chi connectivity index (χ4v) is 3.54.